The van der Waals surface area contributed by atoms with Crippen molar-refractivity contribution in [3.63, 3.8) is 0 Å². The summed E-state index contributed by atoms with van der Waals surface area (Å²) in [6, 6.07) is 51.9. The lowest BCUT2D eigenvalue weighted by Crippen LogP contribution is -2.31. The minimum Gasteiger partial charge on any atom is -0.288 e. The number of rotatable bonds is 4. The monoisotopic (exact) mass is 1900 g/mol. The van der Waals surface area contributed by atoms with E-state index in [1.807, 2.05) is 60.7 Å². The fourth-order valence-corrected chi connectivity index (χ4v) is 33.0. The van der Waals surface area contributed by atoms with Crippen LogP contribution in [0.4, 0.5) is 17.6 Å². The summed E-state index contributed by atoms with van der Waals surface area (Å²) in [4.78, 5) is 121. The minimum absolute atomic E-state index is 0.0682. The van der Waals surface area contributed by atoms with Crippen LogP contribution in [-0.2, 0) is 21.7 Å². The molecule has 8 nitrogen and oxygen atoms in total. The van der Waals surface area contributed by atoms with E-state index in [-0.39, 0.29) is 113 Å². The summed E-state index contributed by atoms with van der Waals surface area (Å²) < 4.78 is 56.6. The van der Waals surface area contributed by atoms with Gasteiger partial charge in [-0.25, -0.2) is 17.6 Å². The number of thiophene rings is 4. The third kappa shape index (κ3) is 11.8. The van der Waals surface area contributed by atoms with Gasteiger partial charge in [-0.05, 0) is 328 Å². The van der Waals surface area contributed by atoms with Crippen LogP contribution in [0.2, 0.25) is 0 Å². The van der Waals surface area contributed by atoms with Gasteiger partial charge >= 0.3 is 0 Å². The van der Waals surface area contributed by atoms with Crippen LogP contribution in [0.15, 0.2) is 263 Å². The normalized spacial score (nSPS) is 22.2. The number of benzene rings is 10. The Morgan fingerprint density at radius 1 is 0.221 bits per heavy atom. The highest BCUT2D eigenvalue weighted by Crippen LogP contribution is 2.69. The van der Waals surface area contributed by atoms with Gasteiger partial charge in [0.15, 0.2) is 69.5 Å². The molecule has 4 spiro atoms. The molecule has 4 atom stereocenters. The fraction of sp³-hybridized carbons (Fsp3) is 0.226. The zero-order chi connectivity index (χ0) is 93.9. The van der Waals surface area contributed by atoms with Crippen LogP contribution in [0, 0.1) is 46.9 Å². The number of ketones is 8. The topological polar surface area (TPSA) is 137 Å². The summed E-state index contributed by atoms with van der Waals surface area (Å²) in [5, 5.41) is 9.81. The maximum atomic E-state index is 14.1. The molecule has 680 valence electrons. The van der Waals surface area contributed by atoms with Gasteiger partial charge < -0.3 is 0 Å². The Labute approximate surface area is 818 Å². The Hall–Kier alpha value is -13.5. The second kappa shape index (κ2) is 30.0. The van der Waals surface area contributed by atoms with Gasteiger partial charge in [0.2, 0.25) is 0 Å². The summed E-state index contributed by atoms with van der Waals surface area (Å²) >= 11 is 6.77. The molecule has 0 N–H and O–H groups in total. The molecule has 140 heavy (non-hydrogen) atoms. The number of allylic oxidation sites excluding steroid dienone is 20. The second-order valence-electron chi connectivity index (χ2n) is 41.9. The van der Waals surface area contributed by atoms with Gasteiger partial charge in [-0.2, -0.15) is 0 Å². The standard InChI is InChI=1S/C66H46O4S2.C58H38F4O4S2/c67-59-47-23-39-19-35-11-3-4-12-36(35)20-40(39)24-48(47)60(68)53(59)31-45-33-57-63(71-45)51-27-44-30-56-52(28-43(44)29-55(51)65(57)15-7-1-8-16-65)64-58(66(56)17-9-2-10-18-66)34-46(72-64)32-54-61(69)49-25-41-21-37-13-5-6-14-38(37)22-42(41)26-50(49)62(54)70;59-47-19-29-11-35-36(12-30(29)20-48(47)60)52(64)41(51(35)63)23-33-25-45-55(67-33)39-15-28-18-44-40(16-27(28)17-43(39)57(45)7-3-1-4-8-57)56-46(58(44)9-5-2-6-10-58)26-34(68-56)24-42-53(65)37-13-31-21-49(61)50(62)22-32(31)14-38(37)54(42)66/h3-6,11-14,19-34,43-44H,1-2,7-10,15-18H2;11-28H,1-10H2. The predicted octanol–water partition coefficient (Wildman–Crippen LogP) is 31.0. The Bertz CT molecular complexity index is 8040. The molecule has 16 heteroatoms. The maximum Gasteiger partial charge on any atom is 0.197 e. The lowest BCUT2D eigenvalue weighted by atomic mass is 9.63. The van der Waals surface area contributed by atoms with Crippen molar-refractivity contribution in [3.05, 3.63) is 392 Å². The molecule has 4 fully saturated rings. The van der Waals surface area contributed by atoms with Crippen molar-refractivity contribution in [1.82, 2.24) is 0 Å². The molecule has 0 saturated heterocycles. The van der Waals surface area contributed by atoms with E-state index in [0.29, 0.717) is 43.8 Å². The first kappa shape index (κ1) is 83.5. The van der Waals surface area contributed by atoms with Crippen LogP contribution in [0.1, 0.15) is 273 Å². The third-order valence-electron chi connectivity index (χ3n) is 34.6. The van der Waals surface area contributed by atoms with Gasteiger partial charge in [0.1, 0.15) is 0 Å². The van der Waals surface area contributed by atoms with Crippen molar-refractivity contribution in [3.8, 4) is 0 Å². The Kier molecular flexibility index (Phi) is 17.9. The summed E-state index contributed by atoms with van der Waals surface area (Å²) in [5.41, 5.74) is 19.2. The van der Waals surface area contributed by atoms with Gasteiger partial charge in [0.25, 0.3) is 0 Å². The van der Waals surface area contributed by atoms with Crippen molar-refractivity contribution in [2.24, 2.45) is 23.7 Å². The summed E-state index contributed by atoms with van der Waals surface area (Å²) in [7, 11) is 0. The molecule has 30 rings (SSSR count). The first-order valence-corrected chi connectivity index (χ1v) is 52.8. The zero-order valence-electron chi connectivity index (χ0n) is 76.0. The van der Waals surface area contributed by atoms with Crippen LogP contribution < -0.4 is 0 Å². The molecule has 0 amide bonds. The van der Waals surface area contributed by atoms with E-state index < -0.39 is 46.4 Å². The molecule has 16 aliphatic carbocycles. The SMILES string of the molecule is O=C1C(=Cc2cc3c(s2)C2=CC4C=C5C(=CC4C=C2C32CCCCC2)c2sc(C=C3C(=O)c4cc6cc(F)c(F)cc6cc4C3=O)cc2C52CCCCC2)C(=O)c2cc3cc(F)c(F)cc3cc21.O=C1C(=Cc2cc3c(s2)C2=CC4C=C5C(=CC4C=C2C32CCCCC2)c2sc(C=C3C(=O)c4cc6cc7ccccc7cc6cc4C3=O)cc2C52CCCCC2)C(=O)c2cc3cc4ccccc4cc3cc21. The van der Waals surface area contributed by atoms with Crippen molar-refractivity contribution in [1.29, 1.82) is 0 Å². The van der Waals surface area contributed by atoms with E-state index in [2.05, 4.69) is 121 Å². The molecule has 0 radical (unpaired) electrons. The van der Waals surface area contributed by atoms with Crippen LogP contribution in [-0.4, -0.2) is 46.3 Å². The maximum absolute atomic E-state index is 14.1. The number of Topliss-reactive ketones (excluding diaryl/α,β-unsaturated/α-hetero) is 8. The Morgan fingerprint density at radius 3 is 0.600 bits per heavy atom. The third-order valence-corrected chi connectivity index (χ3v) is 39.1. The van der Waals surface area contributed by atoms with Crippen molar-refractivity contribution in [2.45, 2.75) is 150 Å². The molecular weight excluding hydrogens is 1820 g/mol. The smallest absolute Gasteiger partial charge is 0.197 e. The van der Waals surface area contributed by atoms with E-state index in [9.17, 15) is 55.9 Å². The van der Waals surface area contributed by atoms with Crippen molar-refractivity contribution >= 4 is 203 Å². The number of fused-ring (bicyclic) bond motifs is 32. The summed E-state index contributed by atoms with van der Waals surface area (Å²) in [6.07, 6.45) is 49.9. The lowest BCUT2D eigenvalue weighted by molar-refractivity contribution is 0.0975. The van der Waals surface area contributed by atoms with Crippen LogP contribution in [0.25, 0.3) is 111 Å². The highest BCUT2D eigenvalue weighted by Gasteiger charge is 2.57. The largest absolute Gasteiger partial charge is 0.288 e. The van der Waals surface area contributed by atoms with Gasteiger partial charge in [0.05, 0.1) is 22.3 Å². The van der Waals surface area contributed by atoms with Crippen LogP contribution >= 0.6 is 45.3 Å². The highest BCUT2D eigenvalue weighted by molar-refractivity contribution is 7.15. The minimum atomic E-state index is -1.01. The van der Waals surface area contributed by atoms with E-state index >= 15 is 0 Å². The van der Waals surface area contributed by atoms with Crippen molar-refractivity contribution in [2.75, 3.05) is 0 Å². The molecule has 14 aromatic rings. The Balaban J connectivity index is 0.000000135. The van der Waals surface area contributed by atoms with Gasteiger partial charge in [-0.3, -0.25) is 38.4 Å². The molecule has 4 heterocycles. The van der Waals surface area contributed by atoms with Crippen molar-refractivity contribution < 1.29 is 55.9 Å². The molecule has 4 aromatic heterocycles. The number of hydrogen-bond donors (Lipinski definition) is 0. The average molecular weight is 1910 g/mol. The Morgan fingerprint density at radius 2 is 0.407 bits per heavy atom. The first-order chi connectivity index (χ1) is 68.1. The summed E-state index contributed by atoms with van der Waals surface area (Å²) in [6.45, 7) is 0. The molecule has 0 bridgehead atoms. The van der Waals surface area contributed by atoms with Gasteiger partial charge in [-0.15, -0.1) is 45.3 Å². The van der Waals surface area contributed by atoms with E-state index in [0.717, 1.165) is 177 Å². The highest BCUT2D eigenvalue weighted by atomic mass is 32.1. The van der Waals surface area contributed by atoms with E-state index in [1.54, 1.807) is 57.5 Å². The number of halogens is 4. The lowest BCUT2D eigenvalue weighted by Gasteiger charge is -2.40. The fourth-order valence-electron chi connectivity index (χ4n) is 28.0. The van der Waals surface area contributed by atoms with E-state index in [4.69, 9.17) is 0 Å². The molecule has 4 saturated carbocycles. The average Bonchev–Trinajstić information content (AvgIpc) is 1.53. The van der Waals surface area contributed by atoms with E-state index in [1.165, 1.54) is 149 Å². The molecule has 4 unspecified atom stereocenters. The van der Waals surface area contributed by atoms with Gasteiger partial charge in [-0.1, -0.05) is 174 Å². The first-order valence-electron chi connectivity index (χ1n) is 49.5. The molecule has 0 aliphatic heterocycles. The number of carbonyl (C=O) groups excluding carboxylic acids is 8. The predicted molar refractivity (Wildman–Crippen MR) is 552 cm³/mol. The molecular formula is C124H84F4O8S4. The van der Waals surface area contributed by atoms with Crippen LogP contribution in [0.3, 0.4) is 0 Å². The second-order valence-corrected chi connectivity index (χ2v) is 46.2. The quantitative estimate of drug-likeness (QED) is 0.0735. The number of hydrogen-bond acceptors (Lipinski definition) is 12. The number of carbonyl (C=O) groups is 8. The zero-order valence-corrected chi connectivity index (χ0v) is 79.2. The molecule has 16 aliphatic rings. The summed E-state index contributed by atoms with van der Waals surface area (Å²) in [5.74, 6) is -5.69. The van der Waals surface area contributed by atoms with Gasteiger partial charge in [0, 0.05) is 129 Å². The molecule has 10 aromatic carbocycles. The van der Waals surface area contributed by atoms with Crippen LogP contribution in [0.5, 0.6) is 0 Å².